The average Bonchev–Trinajstić information content (AvgIpc) is 3.37. The predicted octanol–water partition coefficient (Wildman–Crippen LogP) is 3.94. The molecule has 0 unspecified atom stereocenters. The van der Waals surface area contributed by atoms with Gasteiger partial charge in [0.15, 0.2) is 6.61 Å². The fourth-order valence-corrected chi connectivity index (χ4v) is 4.13. The highest BCUT2D eigenvalue weighted by Gasteiger charge is 2.24. The summed E-state index contributed by atoms with van der Waals surface area (Å²) in [6.07, 6.45) is 0. The average molecular weight is 439 g/mol. The van der Waals surface area contributed by atoms with Gasteiger partial charge in [-0.25, -0.2) is 14.3 Å². The van der Waals surface area contributed by atoms with E-state index >= 15 is 0 Å². The van der Waals surface area contributed by atoms with Gasteiger partial charge in [0.2, 0.25) is 5.78 Å². The van der Waals surface area contributed by atoms with Gasteiger partial charge in [-0.3, -0.25) is 4.79 Å². The maximum atomic E-state index is 13.3. The van der Waals surface area contributed by atoms with Crippen molar-refractivity contribution in [3.05, 3.63) is 83.4 Å². The monoisotopic (exact) mass is 439 g/mol. The van der Waals surface area contributed by atoms with Gasteiger partial charge >= 0.3 is 5.97 Å². The molecule has 0 amide bonds. The zero-order chi connectivity index (χ0) is 23.1. The van der Waals surface area contributed by atoms with Crippen LogP contribution in [0.2, 0.25) is 0 Å². The number of aromatic nitrogens is 5. The zero-order valence-corrected chi connectivity index (χ0v) is 18.4. The normalized spacial score (nSPS) is 11.2. The minimum Gasteiger partial charge on any atom is -0.451 e. The van der Waals surface area contributed by atoms with Crippen LogP contribution in [0.15, 0.2) is 60.7 Å². The lowest BCUT2D eigenvalue weighted by Gasteiger charge is -2.08. The summed E-state index contributed by atoms with van der Waals surface area (Å²) in [6, 6.07) is 19.2. The van der Waals surface area contributed by atoms with Crippen molar-refractivity contribution in [3.63, 3.8) is 0 Å². The van der Waals surface area contributed by atoms with Crippen LogP contribution in [0.5, 0.6) is 0 Å². The van der Waals surface area contributed by atoms with E-state index in [4.69, 9.17) is 4.74 Å². The molecule has 0 bridgehead atoms. The van der Waals surface area contributed by atoms with E-state index in [1.54, 1.807) is 0 Å². The first-order valence-corrected chi connectivity index (χ1v) is 10.5. The number of carbonyl (C=O) groups excluding carboxylic acids is 2. The largest absolute Gasteiger partial charge is 0.451 e. The Morgan fingerprint density at radius 3 is 2.48 bits per heavy atom. The van der Waals surface area contributed by atoms with Gasteiger partial charge in [0.1, 0.15) is 0 Å². The molecule has 0 aliphatic carbocycles. The molecule has 0 N–H and O–H groups in total. The number of fused-ring (bicyclic) bond motifs is 2. The third-order valence-corrected chi connectivity index (χ3v) is 5.57. The lowest BCUT2D eigenvalue weighted by atomic mass is 10.0. The number of carbonyl (C=O) groups is 2. The van der Waals surface area contributed by atoms with E-state index in [1.165, 1.54) is 4.52 Å². The summed E-state index contributed by atoms with van der Waals surface area (Å²) in [5.74, 6) is -0.892. The molecule has 33 heavy (non-hydrogen) atoms. The molecule has 0 aliphatic heterocycles. The second kappa shape index (κ2) is 7.98. The molecule has 0 radical (unpaired) electrons. The van der Waals surface area contributed by atoms with Crippen molar-refractivity contribution in [1.29, 1.82) is 0 Å². The molecule has 8 nitrogen and oxygen atoms in total. The van der Waals surface area contributed by atoms with Gasteiger partial charge in [0.25, 0.3) is 11.6 Å². The number of rotatable bonds is 5. The molecule has 164 valence electrons. The van der Waals surface area contributed by atoms with Gasteiger partial charge < -0.3 is 9.30 Å². The minimum atomic E-state index is -0.771. The lowest BCUT2D eigenvalue weighted by Crippen LogP contribution is -2.16. The molecule has 8 heteroatoms. The number of aryl methyl sites for hydroxylation is 3. The van der Waals surface area contributed by atoms with Gasteiger partial charge in [-0.1, -0.05) is 48.5 Å². The number of Topliss-reactive ketones (excluding diaryl/α,β-unsaturated/α-hetero) is 1. The Labute approximate surface area is 189 Å². The third kappa shape index (κ3) is 3.55. The highest BCUT2D eigenvalue weighted by Crippen LogP contribution is 2.33. The van der Waals surface area contributed by atoms with E-state index in [2.05, 4.69) is 15.1 Å². The van der Waals surface area contributed by atoms with E-state index < -0.39 is 12.6 Å². The number of ketones is 1. The number of hydrogen-bond donors (Lipinski definition) is 0. The maximum absolute atomic E-state index is 13.3. The Balaban J connectivity index is 1.47. The van der Waals surface area contributed by atoms with E-state index in [1.807, 2.05) is 86.1 Å². The second-order valence-electron chi connectivity index (χ2n) is 7.85. The van der Waals surface area contributed by atoms with Crippen LogP contribution >= 0.6 is 0 Å². The van der Waals surface area contributed by atoms with E-state index in [9.17, 15) is 9.59 Å². The molecule has 2 aromatic carbocycles. The standard InChI is InChI=1S/C25H21N5O3/c1-15-13-16(2)30-25(26-15)27-23(28-30)24(32)33-14-20(31)21-18-11-7-8-12-19(18)29(3)22(21)17-9-5-4-6-10-17/h4-13H,14H2,1-3H3. The number of para-hydroxylation sites is 1. The van der Waals surface area contributed by atoms with E-state index in [-0.39, 0.29) is 11.6 Å². The summed E-state index contributed by atoms with van der Waals surface area (Å²) < 4.78 is 8.79. The zero-order valence-electron chi connectivity index (χ0n) is 18.4. The molecule has 5 aromatic rings. The van der Waals surface area contributed by atoms with Gasteiger partial charge in [-0.05, 0) is 31.5 Å². The van der Waals surface area contributed by atoms with Crippen LogP contribution in [0.4, 0.5) is 0 Å². The summed E-state index contributed by atoms with van der Waals surface area (Å²) in [4.78, 5) is 34.4. The fourth-order valence-electron chi connectivity index (χ4n) is 4.13. The highest BCUT2D eigenvalue weighted by molar-refractivity contribution is 6.14. The van der Waals surface area contributed by atoms with Crippen molar-refractivity contribution in [1.82, 2.24) is 24.1 Å². The Kier molecular flexibility index (Phi) is 4.97. The van der Waals surface area contributed by atoms with Crippen LogP contribution in [0.25, 0.3) is 27.9 Å². The Bertz CT molecular complexity index is 1530. The topological polar surface area (TPSA) is 91.4 Å². The maximum Gasteiger partial charge on any atom is 0.378 e. The number of nitrogens with zero attached hydrogens (tertiary/aromatic N) is 5. The van der Waals surface area contributed by atoms with Crippen molar-refractivity contribution in [2.75, 3.05) is 6.61 Å². The molecule has 0 atom stereocenters. The predicted molar refractivity (Wildman–Crippen MR) is 123 cm³/mol. The van der Waals surface area contributed by atoms with Crippen LogP contribution in [0.1, 0.15) is 32.4 Å². The van der Waals surface area contributed by atoms with Crippen molar-refractivity contribution >= 4 is 28.4 Å². The molecule has 3 aromatic heterocycles. The van der Waals surface area contributed by atoms with Crippen molar-refractivity contribution in [2.24, 2.45) is 7.05 Å². The van der Waals surface area contributed by atoms with Gasteiger partial charge in [0.05, 0.1) is 11.3 Å². The van der Waals surface area contributed by atoms with Crippen LogP contribution in [0, 0.1) is 13.8 Å². The molecule has 5 rings (SSSR count). The summed E-state index contributed by atoms with van der Waals surface area (Å²) in [7, 11) is 1.92. The lowest BCUT2D eigenvalue weighted by molar-refractivity contribution is 0.0463. The Hall–Kier alpha value is -4.33. The first-order chi connectivity index (χ1) is 15.9. The molecule has 0 spiro atoms. The van der Waals surface area contributed by atoms with Gasteiger partial charge in [0, 0.05) is 29.3 Å². The summed E-state index contributed by atoms with van der Waals surface area (Å²) in [5, 5.41) is 4.98. The number of benzene rings is 2. The number of esters is 1. The quantitative estimate of drug-likeness (QED) is 0.304. The van der Waals surface area contributed by atoms with Gasteiger partial charge in [-0.15, -0.1) is 5.10 Å². The second-order valence-corrected chi connectivity index (χ2v) is 7.85. The number of ether oxygens (including phenoxy) is 1. The molecule has 0 saturated carbocycles. The SMILES string of the molecule is Cc1cc(C)n2nc(C(=O)OCC(=O)c3c(-c4ccccc4)n(C)c4ccccc34)nc2n1. The highest BCUT2D eigenvalue weighted by atomic mass is 16.5. The Morgan fingerprint density at radius 1 is 0.970 bits per heavy atom. The minimum absolute atomic E-state index is 0.134. The van der Waals surface area contributed by atoms with Crippen LogP contribution in [0.3, 0.4) is 0 Å². The first-order valence-electron chi connectivity index (χ1n) is 10.5. The molecule has 3 heterocycles. The van der Waals surface area contributed by atoms with Crippen molar-refractivity contribution in [2.45, 2.75) is 13.8 Å². The van der Waals surface area contributed by atoms with Gasteiger partial charge in [-0.2, -0.15) is 4.98 Å². The van der Waals surface area contributed by atoms with E-state index in [0.29, 0.717) is 11.3 Å². The van der Waals surface area contributed by atoms with Crippen LogP contribution in [-0.4, -0.2) is 42.5 Å². The summed E-state index contributed by atoms with van der Waals surface area (Å²) >= 11 is 0. The number of hydrogen-bond acceptors (Lipinski definition) is 6. The fraction of sp³-hybridized carbons (Fsp3) is 0.160. The van der Waals surface area contributed by atoms with Crippen molar-refractivity contribution < 1.29 is 14.3 Å². The molecule has 0 saturated heterocycles. The van der Waals surface area contributed by atoms with Crippen LogP contribution < -0.4 is 0 Å². The van der Waals surface area contributed by atoms with Crippen LogP contribution in [-0.2, 0) is 11.8 Å². The molecule has 0 fully saturated rings. The first kappa shape index (κ1) is 20.6. The summed E-state index contributed by atoms with van der Waals surface area (Å²) in [5.41, 5.74) is 4.69. The Morgan fingerprint density at radius 2 is 1.70 bits per heavy atom. The summed E-state index contributed by atoms with van der Waals surface area (Å²) in [6.45, 7) is 3.27. The smallest absolute Gasteiger partial charge is 0.378 e. The third-order valence-electron chi connectivity index (χ3n) is 5.57. The molecule has 0 aliphatic rings. The van der Waals surface area contributed by atoms with E-state index in [0.717, 1.165) is 33.5 Å². The van der Waals surface area contributed by atoms with Crippen molar-refractivity contribution in [3.8, 4) is 11.3 Å². The molecular formula is C25H21N5O3. The molecular weight excluding hydrogens is 418 g/mol.